The number of nitrogens with zero attached hydrogens (tertiary/aromatic N) is 3. The van der Waals surface area contributed by atoms with Crippen LogP contribution >= 0.6 is 15.9 Å². The number of aryl methyl sites for hydroxylation is 2. The molecule has 0 bridgehead atoms. The molecule has 0 aliphatic rings. The van der Waals surface area contributed by atoms with Crippen molar-refractivity contribution in [2.24, 2.45) is 7.05 Å². The molecule has 0 radical (unpaired) electrons. The largest absolute Gasteiger partial charge is 0.496 e. The molecule has 1 N–H and O–H groups in total. The van der Waals surface area contributed by atoms with Crippen LogP contribution in [0.15, 0.2) is 22.8 Å². The number of aromatic nitrogens is 3. The van der Waals surface area contributed by atoms with Crippen LogP contribution in [-0.2, 0) is 7.05 Å². The topological polar surface area (TPSA) is 52.0 Å². The van der Waals surface area contributed by atoms with E-state index in [1.165, 1.54) is 5.56 Å². The van der Waals surface area contributed by atoms with E-state index in [0.717, 1.165) is 34.6 Å². The Morgan fingerprint density at radius 1 is 1.43 bits per heavy atom. The lowest BCUT2D eigenvalue weighted by molar-refractivity contribution is 0.411. The molecular formula is C15H21BrN4O. The molecule has 0 saturated carbocycles. The molecule has 0 spiro atoms. The second-order valence-corrected chi connectivity index (χ2v) is 5.76. The molecule has 1 heterocycles. The van der Waals surface area contributed by atoms with Crippen molar-refractivity contribution in [1.82, 2.24) is 20.3 Å². The Kier molecular flexibility index (Phi) is 5.36. The molecule has 0 aliphatic carbocycles. The molecule has 1 unspecified atom stereocenters. The number of halogens is 1. The van der Waals surface area contributed by atoms with Crippen LogP contribution in [0.3, 0.4) is 0 Å². The minimum Gasteiger partial charge on any atom is -0.496 e. The fraction of sp³-hybridized carbons (Fsp3) is 0.467. The summed E-state index contributed by atoms with van der Waals surface area (Å²) in [6.45, 7) is 5.13. The number of ether oxygens (including phenoxy) is 1. The summed E-state index contributed by atoms with van der Waals surface area (Å²) in [4.78, 5) is 0. The summed E-state index contributed by atoms with van der Waals surface area (Å²) in [5, 5.41) is 11.7. The fourth-order valence-corrected chi connectivity index (χ4v) is 2.94. The predicted octanol–water partition coefficient (Wildman–Crippen LogP) is 2.98. The summed E-state index contributed by atoms with van der Waals surface area (Å²) >= 11 is 3.49. The van der Waals surface area contributed by atoms with E-state index in [-0.39, 0.29) is 6.04 Å². The molecule has 0 aliphatic heterocycles. The highest BCUT2D eigenvalue weighted by molar-refractivity contribution is 9.10. The lowest BCUT2D eigenvalue weighted by Crippen LogP contribution is -2.25. The van der Waals surface area contributed by atoms with E-state index < -0.39 is 0 Å². The molecule has 1 atom stereocenters. The maximum atomic E-state index is 5.34. The number of rotatable bonds is 6. The molecule has 2 aromatic rings. The zero-order valence-corrected chi connectivity index (χ0v) is 14.4. The third kappa shape index (κ3) is 3.44. The highest BCUT2D eigenvalue weighted by Crippen LogP contribution is 2.29. The van der Waals surface area contributed by atoms with E-state index in [1.807, 2.05) is 13.1 Å². The van der Waals surface area contributed by atoms with Crippen LogP contribution in [-0.4, -0.2) is 28.6 Å². The molecule has 21 heavy (non-hydrogen) atoms. The molecule has 0 amide bonds. The monoisotopic (exact) mass is 352 g/mol. The predicted molar refractivity (Wildman–Crippen MR) is 86.6 cm³/mol. The summed E-state index contributed by atoms with van der Waals surface area (Å²) in [6.07, 6.45) is 1.06. The van der Waals surface area contributed by atoms with Gasteiger partial charge in [0.05, 0.1) is 18.8 Å². The van der Waals surface area contributed by atoms with Gasteiger partial charge in [0.15, 0.2) is 4.60 Å². The van der Waals surface area contributed by atoms with Crippen molar-refractivity contribution in [3.05, 3.63) is 39.6 Å². The van der Waals surface area contributed by atoms with Crippen LogP contribution in [0.25, 0.3) is 0 Å². The van der Waals surface area contributed by atoms with Gasteiger partial charge in [-0.3, -0.25) is 0 Å². The van der Waals surface area contributed by atoms with Crippen LogP contribution in [0.2, 0.25) is 0 Å². The molecule has 2 rings (SSSR count). The summed E-state index contributed by atoms with van der Waals surface area (Å²) < 4.78 is 7.91. The number of hydrogen-bond donors (Lipinski definition) is 1. The van der Waals surface area contributed by atoms with E-state index in [4.69, 9.17) is 4.74 Å². The number of benzene rings is 1. The van der Waals surface area contributed by atoms with Crippen LogP contribution in [0.5, 0.6) is 5.75 Å². The van der Waals surface area contributed by atoms with Gasteiger partial charge in [-0.1, -0.05) is 24.3 Å². The zero-order valence-electron chi connectivity index (χ0n) is 12.9. The Labute approximate surface area is 133 Å². The molecule has 0 saturated heterocycles. The van der Waals surface area contributed by atoms with Crippen molar-refractivity contribution in [3.8, 4) is 5.75 Å². The van der Waals surface area contributed by atoms with E-state index in [1.54, 1.807) is 11.8 Å². The van der Waals surface area contributed by atoms with Gasteiger partial charge in [-0.05, 0) is 53.0 Å². The molecule has 6 heteroatoms. The van der Waals surface area contributed by atoms with E-state index >= 15 is 0 Å². The van der Waals surface area contributed by atoms with Crippen molar-refractivity contribution in [3.63, 3.8) is 0 Å². The minimum absolute atomic E-state index is 0.0453. The lowest BCUT2D eigenvalue weighted by atomic mass is 10.0. The maximum absolute atomic E-state index is 5.34. The summed E-state index contributed by atoms with van der Waals surface area (Å²) in [7, 11) is 3.60. The normalized spacial score (nSPS) is 12.4. The maximum Gasteiger partial charge on any atom is 0.153 e. The number of nitrogens with one attached hydrogen (secondary N) is 1. The lowest BCUT2D eigenvalue weighted by Gasteiger charge is -2.20. The quantitative estimate of drug-likeness (QED) is 0.868. The summed E-state index contributed by atoms with van der Waals surface area (Å²) in [5.41, 5.74) is 3.31. The fourth-order valence-electron chi connectivity index (χ4n) is 2.39. The van der Waals surface area contributed by atoms with Crippen molar-refractivity contribution in [1.29, 1.82) is 0 Å². The van der Waals surface area contributed by atoms with Gasteiger partial charge in [-0.15, -0.1) is 5.10 Å². The summed E-state index contributed by atoms with van der Waals surface area (Å²) in [6, 6.07) is 6.27. The first-order valence-corrected chi connectivity index (χ1v) is 7.80. The van der Waals surface area contributed by atoms with Crippen molar-refractivity contribution < 1.29 is 4.74 Å². The van der Waals surface area contributed by atoms with Crippen LogP contribution in [0, 0.1) is 6.92 Å². The van der Waals surface area contributed by atoms with Crippen molar-refractivity contribution >= 4 is 15.9 Å². The first-order chi connectivity index (χ1) is 10.1. The zero-order chi connectivity index (χ0) is 15.4. The van der Waals surface area contributed by atoms with E-state index in [9.17, 15) is 0 Å². The van der Waals surface area contributed by atoms with Crippen LogP contribution in [0.4, 0.5) is 0 Å². The summed E-state index contributed by atoms with van der Waals surface area (Å²) in [5.74, 6) is 0.898. The van der Waals surface area contributed by atoms with Gasteiger partial charge >= 0.3 is 0 Å². The highest BCUT2D eigenvalue weighted by Gasteiger charge is 2.22. The Bertz CT molecular complexity index is 592. The van der Waals surface area contributed by atoms with Gasteiger partial charge in [0.25, 0.3) is 0 Å². The third-order valence-electron chi connectivity index (χ3n) is 3.45. The first kappa shape index (κ1) is 16.0. The smallest absolute Gasteiger partial charge is 0.153 e. The molecule has 1 aromatic heterocycles. The molecule has 1 aromatic carbocycles. The Morgan fingerprint density at radius 2 is 2.19 bits per heavy atom. The van der Waals surface area contributed by atoms with Crippen molar-refractivity contribution in [2.75, 3.05) is 13.7 Å². The van der Waals surface area contributed by atoms with E-state index in [0.29, 0.717) is 0 Å². The first-order valence-electron chi connectivity index (χ1n) is 7.01. The second kappa shape index (κ2) is 7.04. The van der Waals surface area contributed by atoms with Gasteiger partial charge in [-0.2, -0.15) is 0 Å². The van der Waals surface area contributed by atoms with E-state index in [2.05, 4.69) is 57.5 Å². The minimum atomic E-state index is 0.0453. The number of methoxy groups -OCH3 is 1. The number of hydrogen-bond acceptors (Lipinski definition) is 4. The second-order valence-electron chi connectivity index (χ2n) is 5.01. The average molecular weight is 353 g/mol. The van der Waals surface area contributed by atoms with Gasteiger partial charge < -0.3 is 10.1 Å². The molecular weight excluding hydrogens is 332 g/mol. The SMILES string of the molecule is CCCNC(c1ccc(OC)c(C)c1)c1c(Br)nnn1C. The molecule has 114 valence electrons. The Balaban J connectivity index is 2.43. The molecule has 5 nitrogen and oxygen atoms in total. The average Bonchev–Trinajstić information content (AvgIpc) is 2.80. The van der Waals surface area contributed by atoms with Gasteiger partial charge in [0.1, 0.15) is 5.75 Å². The Hall–Kier alpha value is -1.40. The third-order valence-corrected chi connectivity index (χ3v) is 4.02. The van der Waals surface area contributed by atoms with Crippen LogP contribution in [0.1, 0.15) is 36.2 Å². The van der Waals surface area contributed by atoms with Gasteiger partial charge in [0, 0.05) is 7.05 Å². The van der Waals surface area contributed by atoms with Crippen LogP contribution < -0.4 is 10.1 Å². The molecule has 0 fully saturated rings. The van der Waals surface area contributed by atoms with Crippen molar-refractivity contribution in [2.45, 2.75) is 26.3 Å². The highest BCUT2D eigenvalue weighted by atomic mass is 79.9. The van der Waals surface area contributed by atoms with Gasteiger partial charge in [-0.25, -0.2) is 4.68 Å². The van der Waals surface area contributed by atoms with Gasteiger partial charge in [0.2, 0.25) is 0 Å². The Morgan fingerprint density at radius 3 is 2.71 bits per heavy atom. The standard InChI is InChI=1S/C15H21BrN4O/c1-5-8-17-13(14-15(16)18-19-20(14)3)11-6-7-12(21-4)10(2)9-11/h6-7,9,13,17H,5,8H2,1-4H3.